The second-order valence-electron chi connectivity index (χ2n) is 6.46. The molecule has 1 heterocycles. The highest BCUT2D eigenvalue weighted by atomic mass is 79.9. The Morgan fingerprint density at radius 1 is 1.07 bits per heavy atom. The Labute approximate surface area is 185 Å². The van der Waals surface area contributed by atoms with E-state index in [-0.39, 0.29) is 16.5 Å². The number of nitrogen functional groups attached to an aromatic ring is 1. The Morgan fingerprint density at radius 3 is 2.50 bits per heavy atom. The largest absolute Gasteiger partial charge is 0.397 e. The van der Waals surface area contributed by atoms with Crippen LogP contribution in [0.2, 0.25) is 5.02 Å². The molecule has 3 aromatic carbocycles. The van der Waals surface area contributed by atoms with Crippen molar-refractivity contribution in [3.63, 3.8) is 0 Å². The number of aromatic amines is 1. The van der Waals surface area contributed by atoms with Gasteiger partial charge in [0, 0.05) is 11.1 Å². The van der Waals surface area contributed by atoms with Gasteiger partial charge in [-0.1, -0.05) is 41.9 Å². The second-order valence-corrected chi connectivity index (χ2v) is 7.66. The van der Waals surface area contributed by atoms with E-state index in [0.717, 1.165) is 5.56 Å². The summed E-state index contributed by atoms with van der Waals surface area (Å²) < 4.78 is 14.8. The Hall–Kier alpha value is -3.16. The molecule has 1 aromatic heterocycles. The lowest BCUT2D eigenvalue weighted by Crippen LogP contribution is -2.12. The van der Waals surface area contributed by atoms with E-state index >= 15 is 0 Å². The lowest BCUT2D eigenvalue weighted by molar-refractivity contribution is 0.102. The normalized spacial score (nSPS) is 10.8. The molecule has 0 fully saturated rings. The van der Waals surface area contributed by atoms with E-state index < -0.39 is 5.82 Å². The summed E-state index contributed by atoms with van der Waals surface area (Å²) in [5.41, 5.74) is 8.88. The zero-order valence-electron chi connectivity index (χ0n) is 15.4. The Balaban J connectivity index is 1.60. The molecule has 30 heavy (non-hydrogen) atoms. The molecule has 0 bridgehead atoms. The van der Waals surface area contributed by atoms with Gasteiger partial charge in [0.2, 0.25) is 0 Å². The van der Waals surface area contributed by atoms with Crippen LogP contribution in [-0.4, -0.2) is 15.9 Å². The monoisotopic (exact) mass is 484 g/mol. The summed E-state index contributed by atoms with van der Waals surface area (Å²) in [6.07, 6.45) is 0. The van der Waals surface area contributed by atoms with Gasteiger partial charge in [-0.15, -0.1) is 0 Å². The molecule has 0 saturated carbocycles. The summed E-state index contributed by atoms with van der Waals surface area (Å²) in [5.74, 6) is -0.441. The second kappa shape index (κ2) is 8.30. The zero-order chi connectivity index (χ0) is 21.3. The first-order valence-corrected chi connectivity index (χ1v) is 10.1. The fourth-order valence-corrected chi connectivity index (χ4v) is 3.73. The molecule has 150 valence electrons. The minimum absolute atomic E-state index is 0.197. The van der Waals surface area contributed by atoms with Gasteiger partial charge >= 0.3 is 0 Å². The maximum atomic E-state index is 14.2. The number of nitrogens with zero attached hydrogens (tertiary/aromatic N) is 1. The van der Waals surface area contributed by atoms with Crippen LogP contribution in [0.3, 0.4) is 0 Å². The van der Waals surface area contributed by atoms with Crippen LogP contribution in [0.4, 0.5) is 15.8 Å². The Bertz CT molecular complexity index is 1220. The number of amides is 1. The summed E-state index contributed by atoms with van der Waals surface area (Å²) in [6.45, 7) is 0. The van der Waals surface area contributed by atoms with E-state index in [0.29, 0.717) is 33.1 Å². The number of carbonyl (C=O) groups excluding carboxylic acids is 1. The topological polar surface area (TPSA) is 83.8 Å². The van der Waals surface area contributed by atoms with Crippen LogP contribution >= 0.6 is 27.5 Å². The van der Waals surface area contributed by atoms with Gasteiger partial charge in [0.05, 0.1) is 22.0 Å². The quantitative estimate of drug-likeness (QED) is 0.304. The fraction of sp³-hybridized carbons (Fsp3) is 0. The maximum absolute atomic E-state index is 14.2. The highest BCUT2D eigenvalue weighted by Crippen LogP contribution is 2.34. The summed E-state index contributed by atoms with van der Waals surface area (Å²) in [7, 11) is 0. The maximum Gasteiger partial charge on any atom is 0.255 e. The highest BCUT2D eigenvalue weighted by Gasteiger charge is 2.17. The average Bonchev–Trinajstić information content (AvgIpc) is 3.11. The van der Waals surface area contributed by atoms with Crippen LogP contribution < -0.4 is 11.1 Å². The van der Waals surface area contributed by atoms with E-state index in [1.54, 1.807) is 54.6 Å². The van der Waals surface area contributed by atoms with Crippen molar-refractivity contribution in [2.24, 2.45) is 0 Å². The molecule has 1 amide bonds. The van der Waals surface area contributed by atoms with Crippen LogP contribution in [0.5, 0.6) is 0 Å². The van der Waals surface area contributed by atoms with E-state index in [9.17, 15) is 9.18 Å². The van der Waals surface area contributed by atoms with Gasteiger partial charge in [-0.05, 0) is 52.3 Å². The standard InChI is InChI=1S/C22H15BrClFN4O/c23-20-19(28-21(29-20)18-14(24)4-3-5-15(18)25)12-8-10-13(11-9-12)22(30)27-17-7-2-1-6-16(17)26/h1-11H,26H2,(H,27,30)(H,28,29). The number of halogens is 3. The highest BCUT2D eigenvalue weighted by molar-refractivity contribution is 9.10. The van der Waals surface area contributed by atoms with Crippen molar-refractivity contribution < 1.29 is 9.18 Å². The molecule has 0 spiro atoms. The van der Waals surface area contributed by atoms with E-state index in [2.05, 4.69) is 31.2 Å². The van der Waals surface area contributed by atoms with Gasteiger partial charge < -0.3 is 16.0 Å². The van der Waals surface area contributed by atoms with Crippen LogP contribution in [0.25, 0.3) is 22.6 Å². The van der Waals surface area contributed by atoms with Crippen molar-refractivity contribution >= 4 is 44.8 Å². The minimum Gasteiger partial charge on any atom is -0.397 e. The molecular formula is C22H15BrClFN4O. The van der Waals surface area contributed by atoms with Crippen LogP contribution in [-0.2, 0) is 0 Å². The molecule has 0 aliphatic carbocycles. The number of carbonyl (C=O) groups is 1. The third-order valence-corrected chi connectivity index (χ3v) is 5.38. The first kappa shape index (κ1) is 20.1. The van der Waals surface area contributed by atoms with E-state index in [1.807, 2.05) is 0 Å². The average molecular weight is 486 g/mol. The molecule has 0 atom stereocenters. The zero-order valence-corrected chi connectivity index (χ0v) is 17.8. The number of para-hydroxylation sites is 2. The molecule has 0 aliphatic rings. The van der Waals surface area contributed by atoms with Gasteiger partial charge in [-0.2, -0.15) is 0 Å². The van der Waals surface area contributed by atoms with Gasteiger partial charge in [-0.25, -0.2) is 9.37 Å². The predicted octanol–water partition coefficient (Wildman–Crippen LogP) is 6.13. The Kier molecular flexibility index (Phi) is 5.57. The van der Waals surface area contributed by atoms with Crippen LogP contribution in [0.1, 0.15) is 10.4 Å². The molecule has 5 nitrogen and oxygen atoms in total. The first-order chi connectivity index (χ1) is 14.4. The van der Waals surface area contributed by atoms with E-state index in [4.69, 9.17) is 17.3 Å². The third-order valence-electron chi connectivity index (χ3n) is 4.49. The number of hydrogen-bond acceptors (Lipinski definition) is 3. The number of nitrogens with one attached hydrogen (secondary N) is 2. The van der Waals surface area contributed by atoms with E-state index in [1.165, 1.54) is 12.1 Å². The predicted molar refractivity (Wildman–Crippen MR) is 121 cm³/mol. The summed E-state index contributed by atoms with van der Waals surface area (Å²) in [4.78, 5) is 20.0. The number of anilines is 2. The summed E-state index contributed by atoms with van der Waals surface area (Å²) in [5, 5.41) is 3.04. The number of rotatable bonds is 4. The SMILES string of the molecule is Nc1ccccc1NC(=O)c1ccc(-c2nc(-c3c(F)cccc3Cl)[nH]c2Br)cc1. The third kappa shape index (κ3) is 3.94. The van der Waals surface area contributed by atoms with Crippen molar-refractivity contribution in [3.05, 3.63) is 87.7 Å². The van der Waals surface area contributed by atoms with Crippen molar-refractivity contribution in [2.45, 2.75) is 0 Å². The molecule has 8 heteroatoms. The van der Waals surface area contributed by atoms with Gasteiger partial charge in [-0.3, -0.25) is 4.79 Å². The molecule has 4 N–H and O–H groups in total. The first-order valence-electron chi connectivity index (χ1n) is 8.90. The number of nitrogens with two attached hydrogens (primary N) is 1. The molecule has 4 aromatic rings. The van der Waals surface area contributed by atoms with Crippen LogP contribution in [0, 0.1) is 5.82 Å². The number of hydrogen-bond donors (Lipinski definition) is 3. The summed E-state index contributed by atoms with van der Waals surface area (Å²) in [6, 6.07) is 18.4. The van der Waals surface area contributed by atoms with Gasteiger partial charge in [0.25, 0.3) is 5.91 Å². The lowest BCUT2D eigenvalue weighted by Gasteiger charge is -2.08. The molecular weight excluding hydrogens is 471 g/mol. The van der Waals surface area contributed by atoms with Crippen molar-refractivity contribution in [2.75, 3.05) is 11.1 Å². The number of aromatic nitrogens is 2. The number of H-pyrrole nitrogens is 1. The smallest absolute Gasteiger partial charge is 0.255 e. The lowest BCUT2D eigenvalue weighted by atomic mass is 10.1. The molecule has 0 unspecified atom stereocenters. The molecule has 0 aliphatic heterocycles. The number of imidazole rings is 1. The molecule has 0 saturated heterocycles. The number of benzene rings is 3. The van der Waals surface area contributed by atoms with Crippen molar-refractivity contribution in [1.29, 1.82) is 0 Å². The minimum atomic E-state index is -0.470. The van der Waals surface area contributed by atoms with Crippen molar-refractivity contribution in [3.8, 4) is 22.6 Å². The summed E-state index contributed by atoms with van der Waals surface area (Å²) >= 11 is 9.56. The van der Waals surface area contributed by atoms with Crippen LogP contribution in [0.15, 0.2) is 71.3 Å². The molecule has 4 rings (SSSR count). The van der Waals surface area contributed by atoms with Gasteiger partial charge in [0.1, 0.15) is 21.9 Å². The Morgan fingerprint density at radius 2 is 1.80 bits per heavy atom. The molecule has 0 radical (unpaired) electrons. The fourth-order valence-electron chi connectivity index (χ4n) is 2.97. The van der Waals surface area contributed by atoms with Crippen molar-refractivity contribution in [1.82, 2.24) is 9.97 Å². The van der Waals surface area contributed by atoms with Gasteiger partial charge in [0.15, 0.2) is 0 Å².